The highest BCUT2D eigenvalue weighted by molar-refractivity contribution is 6.79. The second-order valence-corrected chi connectivity index (χ2v) is 9.30. The van der Waals surface area contributed by atoms with Crippen molar-refractivity contribution >= 4 is 13.9 Å². The van der Waals surface area contributed by atoms with Gasteiger partial charge in [0.25, 0.3) is 0 Å². The zero-order valence-corrected chi connectivity index (χ0v) is 12.6. The van der Waals surface area contributed by atoms with Crippen LogP contribution in [0.2, 0.25) is 13.1 Å². The van der Waals surface area contributed by atoms with Crippen LogP contribution in [0.1, 0.15) is 25.3 Å². The second kappa shape index (κ2) is 5.25. The van der Waals surface area contributed by atoms with E-state index in [2.05, 4.69) is 56.9 Å². The summed E-state index contributed by atoms with van der Waals surface area (Å²) in [6, 6.07) is 10.5. The minimum Gasteiger partial charge on any atom is -0.411 e. The number of hydrogen-bond donors (Lipinski definition) is 0. The van der Waals surface area contributed by atoms with Crippen molar-refractivity contribution < 1.29 is 4.43 Å². The molecular formula is C16H22OSi. The van der Waals surface area contributed by atoms with Crippen LogP contribution in [0, 0.1) is 0 Å². The number of rotatable bonds is 2. The third-order valence-electron chi connectivity index (χ3n) is 3.64. The molecule has 0 N–H and O–H groups in total. The Bertz CT molecular complexity index is 459. The molecule has 0 aliphatic carbocycles. The molecule has 0 amide bonds. The summed E-state index contributed by atoms with van der Waals surface area (Å²) in [7, 11) is -1.74. The SMILES string of the molecule is C=C/C(=C1\CCC(C)O[Si]1(C)C)c1ccccc1. The number of benzene rings is 1. The van der Waals surface area contributed by atoms with Crippen molar-refractivity contribution in [3.8, 4) is 0 Å². The Morgan fingerprint density at radius 3 is 2.56 bits per heavy atom. The molecule has 1 fully saturated rings. The molecule has 0 saturated carbocycles. The standard InChI is InChI=1S/C16H22OSi/c1-5-15(14-9-7-6-8-10-14)16-12-11-13(2)17-18(16,3)4/h5-10,13H,1,11-12H2,2-4H3/b16-15-. The monoisotopic (exact) mass is 258 g/mol. The fourth-order valence-electron chi connectivity index (χ4n) is 2.77. The van der Waals surface area contributed by atoms with Crippen LogP contribution >= 0.6 is 0 Å². The van der Waals surface area contributed by atoms with E-state index in [-0.39, 0.29) is 0 Å². The maximum atomic E-state index is 6.22. The molecule has 1 atom stereocenters. The van der Waals surface area contributed by atoms with Crippen molar-refractivity contribution in [3.05, 3.63) is 53.7 Å². The second-order valence-electron chi connectivity index (χ2n) is 5.44. The molecule has 0 spiro atoms. The summed E-state index contributed by atoms with van der Waals surface area (Å²) >= 11 is 0. The molecule has 1 nitrogen and oxygen atoms in total. The smallest absolute Gasteiger partial charge is 0.215 e. The number of allylic oxidation sites excluding steroid dienone is 3. The third-order valence-corrected chi connectivity index (χ3v) is 6.60. The first-order valence-corrected chi connectivity index (χ1v) is 9.54. The van der Waals surface area contributed by atoms with Gasteiger partial charge in [0.1, 0.15) is 0 Å². The molecule has 18 heavy (non-hydrogen) atoms. The highest BCUT2D eigenvalue weighted by atomic mass is 28.4. The van der Waals surface area contributed by atoms with Crippen LogP contribution in [0.15, 0.2) is 48.2 Å². The lowest BCUT2D eigenvalue weighted by atomic mass is 10.0. The van der Waals surface area contributed by atoms with E-state index >= 15 is 0 Å². The summed E-state index contributed by atoms with van der Waals surface area (Å²) in [4.78, 5) is 0. The van der Waals surface area contributed by atoms with E-state index in [1.165, 1.54) is 16.3 Å². The Kier molecular flexibility index (Phi) is 3.88. The Balaban J connectivity index is 2.47. The summed E-state index contributed by atoms with van der Waals surface area (Å²) in [6.07, 6.45) is 4.67. The van der Waals surface area contributed by atoms with E-state index in [1.54, 1.807) is 0 Å². The third kappa shape index (κ3) is 2.65. The maximum Gasteiger partial charge on any atom is 0.215 e. The topological polar surface area (TPSA) is 9.23 Å². The normalized spacial score (nSPS) is 25.6. The van der Waals surface area contributed by atoms with Crippen LogP contribution in [0.5, 0.6) is 0 Å². The average Bonchev–Trinajstić information content (AvgIpc) is 2.33. The zero-order chi connectivity index (χ0) is 13.2. The van der Waals surface area contributed by atoms with Crippen LogP contribution in [-0.2, 0) is 4.43 Å². The van der Waals surface area contributed by atoms with Crippen molar-refractivity contribution in [1.82, 2.24) is 0 Å². The first-order valence-electron chi connectivity index (χ1n) is 6.64. The Hall–Kier alpha value is -1.12. The van der Waals surface area contributed by atoms with Crippen LogP contribution < -0.4 is 0 Å². The summed E-state index contributed by atoms with van der Waals surface area (Å²) in [5.74, 6) is 0. The van der Waals surface area contributed by atoms with Crippen LogP contribution in [0.3, 0.4) is 0 Å². The maximum absolute atomic E-state index is 6.22. The molecule has 2 heteroatoms. The highest BCUT2D eigenvalue weighted by Crippen LogP contribution is 2.35. The molecule has 1 aromatic rings. The van der Waals surface area contributed by atoms with Gasteiger partial charge in [-0.25, -0.2) is 0 Å². The lowest BCUT2D eigenvalue weighted by Crippen LogP contribution is -2.41. The quantitative estimate of drug-likeness (QED) is 0.706. The van der Waals surface area contributed by atoms with Crippen molar-refractivity contribution in [3.63, 3.8) is 0 Å². The molecule has 2 rings (SSSR count). The zero-order valence-electron chi connectivity index (χ0n) is 11.6. The predicted octanol–water partition coefficient (Wildman–Crippen LogP) is 4.57. The van der Waals surface area contributed by atoms with Crippen LogP contribution in [0.25, 0.3) is 5.57 Å². The molecule has 0 radical (unpaired) electrons. The predicted molar refractivity (Wildman–Crippen MR) is 80.8 cm³/mol. The first kappa shape index (κ1) is 13.3. The van der Waals surface area contributed by atoms with Gasteiger partial charge in [-0.3, -0.25) is 0 Å². The van der Waals surface area contributed by atoms with Crippen molar-refractivity contribution in [2.24, 2.45) is 0 Å². The average molecular weight is 258 g/mol. The Morgan fingerprint density at radius 1 is 1.33 bits per heavy atom. The summed E-state index contributed by atoms with van der Waals surface area (Å²) in [5, 5.41) is 1.50. The molecular weight excluding hydrogens is 236 g/mol. The molecule has 1 unspecified atom stereocenters. The van der Waals surface area contributed by atoms with Gasteiger partial charge in [-0.05, 0) is 49.2 Å². The minimum absolute atomic E-state index is 0.400. The van der Waals surface area contributed by atoms with Gasteiger partial charge in [-0.1, -0.05) is 43.0 Å². The van der Waals surface area contributed by atoms with Gasteiger partial charge in [0.05, 0.1) is 0 Å². The van der Waals surface area contributed by atoms with Gasteiger partial charge in [0, 0.05) is 6.10 Å². The molecule has 1 aliphatic heterocycles. The molecule has 96 valence electrons. The molecule has 1 aliphatic rings. The van der Waals surface area contributed by atoms with E-state index in [9.17, 15) is 0 Å². The minimum atomic E-state index is -1.74. The van der Waals surface area contributed by atoms with E-state index in [4.69, 9.17) is 4.43 Å². The molecule has 1 saturated heterocycles. The Labute approximate surface area is 111 Å². The van der Waals surface area contributed by atoms with Crippen molar-refractivity contribution in [1.29, 1.82) is 0 Å². The summed E-state index contributed by atoms with van der Waals surface area (Å²) < 4.78 is 6.22. The van der Waals surface area contributed by atoms with Crippen molar-refractivity contribution in [2.45, 2.75) is 39.0 Å². The van der Waals surface area contributed by atoms with Gasteiger partial charge in [-0.2, -0.15) is 0 Å². The lowest BCUT2D eigenvalue weighted by molar-refractivity contribution is 0.190. The van der Waals surface area contributed by atoms with Gasteiger partial charge in [0.2, 0.25) is 8.32 Å². The number of hydrogen-bond acceptors (Lipinski definition) is 1. The summed E-state index contributed by atoms with van der Waals surface area (Å²) in [6.45, 7) is 10.8. The van der Waals surface area contributed by atoms with E-state index < -0.39 is 8.32 Å². The first-order chi connectivity index (χ1) is 8.54. The fourth-order valence-corrected chi connectivity index (χ4v) is 5.68. The van der Waals surface area contributed by atoms with Gasteiger partial charge < -0.3 is 4.43 Å². The molecule has 0 bridgehead atoms. The van der Waals surface area contributed by atoms with E-state index in [1.807, 2.05) is 6.08 Å². The van der Waals surface area contributed by atoms with Crippen molar-refractivity contribution in [2.75, 3.05) is 0 Å². The highest BCUT2D eigenvalue weighted by Gasteiger charge is 2.35. The van der Waals surface area contributed by atoms with Gasteiger partial charge in [-0.15, -0.1) is 0 Å². The molecule has 0 aromatic heterocycles. The van der Waals surface area contributed by atoms with Crippen LogP contribution in [0.4, 0.5) is 0 Å². The largest absolute Gasteiger partial charge is 0.411 e. The van der Waals surface area contributed by atoms with E-state index in [0.717, 1.165) is 12.8 Å². The van der Waals surface area contributed by atoms with Crippen LogP contribution in [-0.4, -0.2) is 14.4 Å². The molecule has 1 aromatic carbocycles. The van der Waals surface area contributed by atoms with Gasteiger partial charge >= 0.3 is 0 Å². The molecule has 1 heterocycles. The summed E-state index contributed by atoms with van der Waals surface area (Å²) in [5.41, 5.74) is 2.56. The van der Waals surface area contributed by atoms with E-state index in [0.29, 0.717) is 6.10 Å². The Morgan fingerprint density at radius 2 is 2.00 bits per heavy atom. The van der Waals surface area contributed by atoms with Gasteiger partial charge in [0.15, 0.2) is 0 Å². The fraction of sp³-hybridized carbons (Fsp3) is 0.375. The lowest BCUT2D eigenvalue weighted by Gasteiger charge is -2.36.